The highest BCUT2D eigenvalue weighted by Gasteiger charge is 2.79. The highest BCUT2D eigenvalue weighted by Crippen LogP contribution is 2.71. The first-order valence-electron chi connectivity index (χ1n) is 9.63. The smallest absolute Gasteiger partial charge is 0.107 e. The van der Waals surface area contributed by atoms with Crippen molar-refractivity contribution in [3.63, 3.8) is 0 Å². The van der Waals surface area contributed by atoms with Gasteiger partial charge in [-0.1, -0.05) is 26.0 Å². The van der Waals surface area contributed by atoms with E-state index in [4.69, 9.17) is 4.74 Å². The number of fused-ring (bicyclic) bond motifs is 4. The van der Waals surface area contributed by atoms with Crippen LogP contribution >= 0.6 is 0 Å². The van der Waals surface area contributed by atoms with Crippen molar-refractivity contribution < 1.29 is 25.2 Å². The van der Waals surface area contributed by atoms with Crippen molar-refractivity contribution in [1.82, 2.24) is 0 Å². The van der Waals surface area contributed by atoms with E-state index in [1.807, 2.05) is 13.8 Å². The van der Waals surface area contributed by atoms with Crippen molar-refractivity contribution in [3.05, 3.63) is 12.2 Å². The molecule has 0 amide bonds. The van der Waals surface area contributed by atoms with Crippen LogP contribution in [0.5, 0.6) is 0 Å². The number of rotatable bonds is 0. The molecule has 140 valence electrons. The minimum atomic E-state index is -1.30. The summed E-state index contributed by atoms with van der Waals surface area (Å²) in [6, 6.07) is 0. The summed E-state index contributed by atoms with van der Waals surface area (Å²) in [6.45, 7) is 10.1. The number of aliphatic hydroxyl groups is 4. The van der Waals surface area contributed by atoms with Crippen LogP contribution in [-0.2, 0) is 4.74 Å². The van der Waals surface area contributed by atoms with E-state index in [0.29, 0.717) is 12.8 Å². The second-order valence-electron chi connectivity index (χ2n) is 10.3. The van der Waals surface area contributed by atoms with Gasteiger partial charge in [0.15, 0.2) is 0 Å². The third kappa shape index (κ3) is 1.60. The third-order valence-electron chi connectivity index (χ3n) is 8.92. The van der Waals surface area contributed by atoms with Gasteiger partial charge >= 0.3 is 0 Å². The first-order chi connectivity index (χ1) is 11.5. The third-order valence-corrected chi connectivity index (χ3v) is 8.92. The van der Waals surface area contributed by atoms with E-state index in [-0.39, 0.29) is 30.0 Å². The molecular weight excluding hydrogens is 320 g/mol. The largest absolute Gasteiger partial charge is 0.392 e. The van der Waals surface area contributed by atoms with E-state index in [2.05, 4.69) is 6.58 Å². The molecule has 1 spiro atoms. The molecule has 0 unspecified atom stereocenters. The van der Waals surface area contributed by atoms with Crippen molar-refractivity contribution in [2.75, 3.05) is 0 Å². The predicted octanol–water partition coefficient (Wildman–Crippen LogP) is 0.990. The number of epoxide rings is 1. The summed E-state index contributed by atoms with van der Waals surface area (Å²) in [5.41, 5.74) is -2.51. The summed E-state index contributed by atoms with van der Waals surface area (Å²) in [7, 11) is 0. The number of aliphatic hydroxyl groups excluding tert-OH is 2. The Kier molecular flexibility index (Phi) is 2.89. The molecule has 4 saturated carbocycles. The molecule has 0 aromatic carbocycles. The molecule has 0 aromatic rings. The average Bonchev–Trinajstić information content (AvgIpc) is 3.23. The fourth-order valence-corrected chi connectivity index (χ4v) is 7.66. The molecule has 0 radical (unpaired) electrons. The van der Waals surface area contributed by atoms with Gasteiger partial charge in [-0.2, -0.15) is 0 Å². The Bertz CT molecular complexity index is 656. The zero-order valence-corrected chi connectivity index (χ0v) is 15.3. The van der Waals surface area contributed by atoms with E-state index in [1.165, 1.54) is 0 Å². The van der Waals surface area contributed by atoms with Crippen LogP contribution in [0.25, 0.3) is 0 Å². The van der Waals surface area contributed by atoms with E-state index in [0.717, 1.165) is 18.4 Å². The molecule has 1 saturated heterocycles. The van der Waals surface area contributed by atoms with E-state index in [1.54, 1.807) is 6.92 Å². The quantitative estimate of drug-likeness (QED) is 0.386. The van der Waals surface area contributed by atoms with Crippen molar-refractivity contribution in [1.29, 1.82) is 0 Å². The molecule has 4 aliphatic carbocycles. The second kappa shape index (κ2) is 4.33. The maximum atomic E-state index is 11.7. The molecule has 2 bridgehead atoms. The Morgan fingerprint density at radius 2 is 1.80 bits per heavy atom. The van der Waals surface area contributed by atoms with E-state index in [9.17, 15) is 20.4 Å². The van der Waals surface area contributed by atoms with Gasteiger partial charge in [0.05, 0.1) is 30.0 Å². The molecule has 5 rings (SSSR count). The zero-order valence-electron chi connectivity index (χ0n) is 15.3. The van der Waals surface area contributed by atoms with Crippen LogP contribution in [0.2, 0.25) is 0 Å². The lowest BCUT2D eigenvalue weighted by atomic mass is 9.61. The monoisotopic (exact) mass is 350 g/mol. The maximum Gasteiger partial charge on any atom is 0.107 e. The molecule has 25 heavy (non-hydrogen) atoms. The fraction of sp³-hybridized carbons (Fsp3) is 0.900. The number of hydrogen-bond donors (Lipinski definition) is 4. The molecule has 4 N–H and O–H groups in total. The van der Waals surface area contributed by atoms with Crippen LogP contribution in [0, 0.1) is 28.6 Å². The Morgan fingerprint density at radius 1 is 1.12 bits per heavy atom. The lowest BCUT2D eigenvalue weighted by Crippen LogP contribution is -2.58. The van der Waals surface area contributed by atoms with Gasteiger partial charge in [0.2, 0.25) is 0 Å². The Labute approximate surface area is 148 Å². The zero-order chi connectivity index (χ0) is 18.2. The summed E-state index contributed by atoms with van der Waals surface area (Å²) in [5.74, 6) is -0.476. The maximum absolute atomic E-state index is 11.7. The molecule has 10 atom stereocenters. The first kappa shape index (κ1) is 16.7. The predicted molar refractivity (Wildman–Crippen MR) is 90.5 cm³/mol. The summed E-state index contributed by atoms with van der Waals surface area (Å²) < 4.78 is 5.86. The lowest BCUT2D eigenvalue weighted by Gasteiger charge is -2.46. The van der Waals surface area contributed by atoms with Gasteiger partial charge in [-0.05, 0) is 38.5 Å². The second-order valence-corrected chi connectivity index (χ2v) is 10.3. The van der Waals surface area contributed by atoms with Crippen molar-refractivity contribution in [2.45, 2.75) is 82.1 Å². The molecule has 1 heterocycles. The Hall–Kier alpha value is -0.460. The first-order valence-corrected chi connectivity index (χ1v) is 9.63. The lowest BCUT2D eigenvalue weighted by molar-refractivity contribution is -0.183. The molecule has 5 nitrogen and oxygen atoms in total. The van der Waals surface area contributed by atoms with Crippen LogP contribution in [0.15, 0.2) is 12.2 Å². The summed E-state index contributed by atoms with van der Waals surface area (Å²) in [6.07, 6.45) is 0.574. The normalized spacial score (nSPS) is 64.3. The van der Waals surface area contributed by atoms with Crippen LogP contribution in [-0.4, -0.2) is 56.0 Å². The molecule has 1 aliphatic heterocycles. The molecule has 5 heteroatoms. The molecule has 0 aromatic heterocycles. The topological polar surface area (TPSA) is 93.5 Å². The van der Waals surface area contributed by atoms with E-state index >= 15 is 0 Å². The SMILES string of the molecule is C=C1[C@@H]2[C@@H]3O[C@@H]3C(C)(C)[C@@]2(O)[C@H](O)C[C@]23C[C@@](C)(O)[C@H](CC[C@@H]12)[C@H]3O. The van der Waals surface area contributed by atoms with Crippen molar-refractivity contribution in [2.24, 2.45) is 28.6 Å². The number of ether oxygens (including phenoxy) is 1. The van der Waals surface area contributed by atoms with Gasteiger partial charge < -0.3 is 25.2 Å². The van der Waals surface area contributed by atoms with Crippen LogP contribution in [0.4, 0.5) is 0 Å². The van der Waals surface area contributed by atoms with Gasteiger partial charge in [-0.3, -0.25) is 0 Å². The van der Waals surface area contributed by atoms with Gasteiger partial charge in [0.25, 0.3) is 0 Å². The molecule has 5 fully saturated rings. The van der Waals surface area contributed by atoms with E-state index < -0.39 is 34.2 Å². The average molecular weight is 350 g/mol. The fourth-order valence-electron chi connectivity index (χ4n) is 7.66. The van der Waals surface area contributed by atoms with Gasteiger partial charge in [-0.25, -0.2) is 0 Å². The molecular formula is C20H30O5. The summed E-state index contributed by atoms with van der Waals surface area (Å²) in [4.78, 5) is 0. The molecule has 5 aliphatic rings. The highest BCUT2D eigenvalue weighted by molar-refractivity contribution is 5.36. The highest BCUT2D eigenvalue weighted by atomic mass is 16.6. The van der Waals surface area contributed by atoms with Crippen LogP contribution in [0.1, 0.15) is 46.5 Å². The van der Waals surface area contributed by atoms with Gasteiger partial charge in [-0.15, -0.1) is 0 Å². The van der Waals surface area contributed by atoms with Crippen LogP contribution < -0.4 is 0 Å². The van der Waals surface area contributed by atoms with Crippen molar-refractivity contribution in [3.8, 4) is 0 Å². The summed E-state index contributed by atoms with van der Waals surface area (Å²) >= 11 is 0. The van der Waals surface area contributed by atoms with Crippen LogP contribution in [0.3, 0.4) is 0 Å². The standard InChI is InChI=1S/C20H30O5/c1-9-10-5-6-11-15(22)19(10,8-18(11,4)23)7-12(21)20(24)13(9)14-16(25-14)17(20,2)3/h10-16,21-24H,1,5-8H2,2-4H3/t10-,11+,12+,13+,14-,15+,16-,18+,19-,20+/m0/s1. The number of hydrogen-bond acceptors (Lipinski definition) is 5. The van der Waals surface area contributed by atoms with Gasteiger partial charge in [0.1, 0.15) is 5.60 Å². The van der Waals surface area contributed by atoms with Gasteiger partial charge in [0, 0.05) is 22.7 Å². The Morgan fingerprint density at radius 3 is 2.48 bits per heavy atom. The minimum Gasteiger partial charge on any atom is -0.392 e. The Balaban J connectivity index is 1.66. The summed E-state index contributed by atoms with van der Waals surface area (Å²) in [5, 5.41) is 44.9. The van der Waals surface area contributed by atoms with Crippen molar-refractivity contribution >= 4 is 0 Å². The minimum absolute atomic E-state index is 0.000139.